The maximum Gasteiger partial charge on any atom is 0.150 e. The van der Waals surface area contributed by atoms with Crippen molar-refractivity contribution in [1.29, 1.82) is 0 Å². The van der Waals surface area contributed by atoms with Gasteiger partial charge >= 0.3 is 0 Å². The molecule has 0 amide bonds. The van der Waals surface area contributed by atoms with Gasteiger partial charge in [-0.2, -0.15) is 5.10 Å². The van der Waals surface area contributed by atoms with E-state index in [2.05, 4.69) is 22.1 Å². The molecule has 1 heterocycles. The molecule has 3 nitrogen and oxygen atoms in total. The van der Waals surface area contributed by atoms with Gasteiger partial charge in [0.2, 0.25) is 0 Å². The van der Waals surface area contributed by atoms with Crippen LogP contribution in [-0.2, 0) is 12.8 Å². The molecule has 0 aliphatic heterocycles. The van der Waals surface area contributed by atoms with Crippen LogP contribution >= 0.6 is 0 Å². The number of aromatic amines is 1. The Morgan fingerprint density at radius 1 is 1.19 bits per heavy atom. The van der Waals surface area contributed by atoms with E-state index in [9.17, 15) is 0 Å². The molecule has 2 rings (SSSR count). The third kappa shape index (κ3) is 3.32. The lowest BCUT2D eigenvalue weighted by molar-refractivity contribution is 0.448. The second kappa shape index (κ2) is 6.02. The SMILES string of the molecule is CCCc1n[nH]c(CC2CCCCCC2)n1. The minimum atomic E-state index is 0.838. The maximum absolute atomic E-state index is 4.56. The van der Waals surface area contributed by atoms with Gasteiger partial charge in [-0.15, -0.1) is 0 Å². The number of rotatable bonds is 4. The Kier molecular flexibility index (Phi) is 4.37. The average molecular weight is 221 g/mol. The molecule has 0 aromatic carbocycles. The van der Waals surface area contributed by atoms with E-state index < -0.39 is 0 Å². The molecule has 0 saturated heterocycles. The molecule has 90 valence electrons. The topological polar surface area (TPSA) is 41.6 Å². The minimum Gasteiger partial charge on any atom is -0.263 e. The number of nitrogens with one attached hydrogen (secondary N) is 1. The van der Waals surface area contributed by atoms with E-state index in [0.29, 0.717) is 0 Å². The lowest BCUT2D eigenvalue weighted by Crippen LogP contribution is -2.04. The Labute approximate surface area is 98.1 Å². The molecule has 1 aliphatic carbocycles. The van der Waals surface area contributed by atoms with E-state index in [1.807, 2.05) is 0 Å². The third-order valence-corrected chi connectivity index (χ3v) is 3.51. The molecular weight excluding hydrogens is 198 g/mol. The van der Waals surface area contributed by atoms with Crippen molar-refractivity contribution >= 4 is 0 Å². The average Bonchev–Trinajstić information content (AvgIpc) is 2.56. The monoisotopic (exact) mass is 221 g/mol. The van der Waals surface area contributed by atoms with Gasteiger partial charge in [-0.25, -0.2) is 4.98 Å². The van der Waals surface area contributed by atoms with Crippen LogP contribution in [0.25, 0.3) is 0 Å². The Hall–Kier alpha value is -0.860. The van der Waals surface area contributed by atoms with Gasteiger partial charge in [0, 0.05) is 12.8 Å². The van der Waals surface area contributed by atoms with Crippen molar-refractivity contribution in [2.24, 2.45) is 5.92 Å². The highest BCUT2D eigenvalue weighted by atomic mass is 15.2. The van der Waals surface area contributed by atoms with Crippen LogP contribution in [0, 0.1) is 5.92 Å². The van der Waals surface area contributed by atoms with Crippen molar-refractivity contribution in [1.82, 2.24) is 15.2 Å². The summed E-state index contributed by atoms with van der Waals surface area (Å²) in [6.45, 7) is 2.17. The highest BCUT2D eigenvalue weighted by Crippen LogP contribution is 2.25. The molecule has 1 aliphatic rings. The fourth-order valence-electron chi connectivity index (χ4n) is 2.60. The molecule has 1 fully saturated rings. The fourth-order valence-corrected chi connectivity index (χ4v) is 2.60. The predicted molar refractivity (Wildman–Crippen MR) is 65.3 cm³/mol. The van der Waals surface area contributed by atoms with Crippen LogP contribution in [0.5, 0.6) is 0 Å². The van der Waals surface area contributed by atoms with Gasteiger partial charge in [0.05, 0.1) is 0 Å². The summed E-state index contributed by atoms with van der Waals surface area (Å²) in [5.74, 6) is 2.94. The van der Waals surface area contributed by atoms with E-state index in [-0.39, 0.29) is 0 Å². The van der Waals surface area contributed by atoms with Gasteiger partial charge in [0.1, 0.15) is 5.82 Å². The third-order valence-electron chi connectivity index (χ3n) is 3.51. The molecule has 3 heteroatoms. The second-order valence-electron chi connectivity index (χ2n) is 5.01. The van der Waals surface area contributed by atoms with Crippen molar-refractivity contribution in [3.63, 3.8) is 0 Å². The van der Waals surface area contributed by atoms with Crippen LogP contribution in [0.4, 0.5) is 0 Å². The number of hydrogen-bond acceptors (Lipinski definition) is 2. The Balaban J connectivity index is 1.86. The van der Waals surface area contributed by atoms with Gasteiger partial charge in [0.15, 0.2) is 5.82 Å². The molecule has 1 aromatic heterocycles. The zero-order valence-electron chi connectivity index (χ0n) is 10.3. The molecule has 0 spiro atoms. The van der Waals surface area contributed by atoms with E-state index in [1.54, 1.807) is 0 Å². The first-order valence-electron chi connectivity index (χ1n) is 6.78. The smallest absolute Gasteiger partial charge is 0.150 e. The van der Waals surface area contributed by atoms with Gasteiger partial charge < -0.3 is 0 Å². The van der Waals surface area contributed by atoms with E-state index in [4.69, 9.17) is 0 Å². The summed E-state index contributed by atoms with van der Waals surface area (Å²) in [4.78, 5) is 4.56. The van der Waals surface area contributed by atoms with Crippen molar-refractivity contribution in [2.75, 3.05) is 0 Å². The Morgan fingerprint density at radius 3 is 2.62 bits per heavy atom. The maximum atomic E-state index is 4.56. The van der Waals surface area contributed by atoms with Crippen molar-refractivity contribution in [2.45, 2.75) is 64.7 Å². The quantitative estimate of drug-likeness (QED) is 0.793. The first-order chi connectivity index (χ1) is 7.88. The normalized spacial score (nSPS) is 18.6. The van der Waals surface area contributed by atoms with Crippen molar-refractivity contribution < 1.29 is 0 Å². The summed E-state index contributed by atoms with van der Waals surface area (Å²) >= 11 is 0. The molecule has 1 aromatic rings. The number of aromatic nitrogens is 3. The highest BCUT2D eigenvalue weighted by molar-refractivity contribution is 4.92. The highest BCUT2D eigenvalue weighted by Gasteiger charge is 2.14. The van der Waals surface area contributed by atoms with Gasteiger partial charge in [-0.05, 0) is 12.3 Å². The molecule has 0 unspecified atom stereocenters. The molecule has 0 radical (unpaired) electrons. The van der Waals surface area contributed by atoms with Crippen LogP contribution in [0.2, 0.25) is 0 Å². The van der Waals surface area contributed by atoms with E-state index in [0.717, 1.165) is 36.8 Å². The van der Waals surface area contributed by atoms with Gasteiger partial charge in [-0.3, -0.25) is 5.10 Å². The molecule has 0 bridgehead atoms. The molecular formula is C13H23N3. The summed E-state index contributed by atoms with van der Waals surface area (Å²) in [6, 6.07) is 0. The number of H-pyrrole nitrogens is 1. The summed E-state index contributed by atoms with van der Waals surface area (Å²) in [5.41, 5.74) is 0. The predicted octanol–water partition coefficient (Wildman–Crippen LogP) is 3.27. The lowest BCUT2D eigenvalue weighted by Gasteiger charge is -2.10. The standard InChI is InChI=1S/C13H23N3/c1-2-7-12-14-13(16-15-12)10-11-8-5-3-4-6-9-11/h11H,2-10H2,1H3,(H,14,15,16). The molecule has 1 saturated carbocycles. The van der Waals surface area contributed by atoms with Gasteiger partial charge in [0.25, 0.3) is 0 Å². The molecule has 0 atom stereocenters. The second-order valence-corrected chi connectivity index (χ2v) is 5.01. The van der Waals surface area contributed by atoms with Crippen LogP contribution < -0.4 is 0 Å². The Morgan fingerprint density at radius 2 is 1.94 bits per heavy atom. The molecule has 1 N–H and O–H groups in total. The number of nitrogens with zero attached hydrogens (tertiary/aromatic N) is 2. The van der Waals surface area contributed by atoms with Crippen LogP contribution in [-0.4, -0.2) is 15.2 Å². The summed E-state index contributed by atoms with van der Waals surface area (Å²) in [6.07, 6.45) is 11.6. The fraction of sp³-hybridized carbons (Fsp3) is 0.846. The van der Waals surface area contributed by atoms with Crippen LogP contribution in [0.1, 0.15) is 63.5 Å². The van der Waals surface area contributed by atoms with E-state index in [1.165, 1.54) is 38.5 Å². The van der Waals surface area contributed by atoms with Crippen molar-refractivity contribution in [3.05, 3.63) is 11.6 Å². The first-order valence-corrected chi connectivity index (χ1v) is 6.78. The number of hydrogen-bond donors (Lipinski definition) is 1. The van der Waals surface area contributed by atoms with Crippen LogP contribution in [0.15, 0.2) is 0 Å². The largest absolute Gasteiger partial charge is 0.263 e. The molecule has 16 heavy (non-hydrogen) atoms. The summed E-state index contributed by atoms with van der Waals surface area (Å²) < 4.78 is 0. The zero-order valence-corrected chi connectivity index (χ0v) is 10.3. The lowest BCUT2D eigenvalue weighted by atomic mass is 9.96. The van der Waals surface area contributed by atoms with E-state index >= 15 is 0 Å². The summed E-state index contributed by atoms with van der Waals surface area (Å²) in [7, 11) is 0. The minimum absolute atomic E-state index is 0.838. The van der Waals surface area contributed by atoms with Crippen LogP contribution in [0.3, 0.4) is 0 Å². The van der Waals surface area contributed by atoms with Gasteiger partial charge in [-0.1, -0.05) is 45.4 Å². The summed E-state index contributed by atoms with van der Waals surface area (Å²) in [5, 5.41) is 7.36. The Bertz CT molecular complexity index is 298. The number of aryl methyl sites for hydroxylation is 1. The first kappa shape index (κ1) is 11.6. The van der Waals surface area contributed by atoms with Crippen molar-refractivity contribution in [3.8, 4) is 0 Å². The zero-order chi connectivity index (χ0) is 11.2.